The van der Waals surface area contributed by atoms with Crippen molar-refractivity contribution in [2.45, 2.75) is 6.04 Å². The average molecular weight is 283 g/mol. The highest BCUT2D eigenvalue weighted by atomic mass is 16.2. The van der Waals surface area contributed by atoms with E-state index >= 15 is 0 Å². The van der Waals surface area contributed by atoms with Crippen molar-refractivity contribution in [3.63, 3.8) is 0 Å². The van der Waals surface area contributed by atoms with Crippen molar-refractivity contribution in [2.24, 2.45) is 0 Å². The van der Waals surface area contributed by atoms with E-state index < -0.39 is 0 Å². The molecule has 8 heteroatoms. The number of fused-ring (bicyclic) bond motifs is 1. The summed E-state index contributed by atoms with van der Waals surface area (Å²) in [5, 5.41) is 21.7. The zero-order valence-electron chi connectivity index (χ0n) is 11.1. The third-order valence-electron chi connectivity index (χ3n) is 3.60. The Morgan fingerprint density at radius 1 is 1.38 bits per heavy atom. The summed E-state index contributed by atoms with van der Waals surface area (Å²) in [7, 11) is 0. The van der Waals surface area contributed by atoms with Gasteiger partial charge in [0.2, 0.25) is 0 Å². The molecule has 3 N–H and O–H groups in total. The Kier molecular flexibility index (Phi) is 2.68. The molecule has 0 unspecified atom stereocenters. The highest BCUT2D eigenvalue weighted by Crippen LogP contribution is 2.21. The number of hydrogen-bond donors (Lipinski definition) is 3. The van der Waals surface area contributed by atoms with Crippen LogP contribution in [0.25, 0.3) is 10.9 Å². The Morgan fingerprint density at radius 2 is 2.29 bits per heavy atom. The summed E-state index contributed by atoms with van der Waals surface area (Å²) in [6.07, 6.45) is 3.39. The molecule has 21 heavy (non-hydrogen) atoms. The minimum absolute atomic E-state index is 0.282. The van der Waals surface area contributed by atoms with Crippen LogP contribution in [0.3, 0.4) is 0 Å². The summed E-state index contributed by atoms with van der Waals surface area (Å²) in [6, 6.07) is 5.90. The molecule has 8 nitrogen and oxygen atoms in total. The number of amides is 1. The summed E-state index contributed by atoms with van der Waals surface area (Å²) in [5.74, 6) is -0.282. The summed E-state index contributed by atoms with van der Waals surface area (Å²) >= 11 is 0. The molecule has 2 aromatic heterocycles. The first-order valence-corrected chi connectivity index (χ1v) is 6.67. The highest BCUT2D eigenvalue weighted by molar-refractivity contribution is 6.07. The quantitative estimate of drug-likeness (QED) is 0.651. The van der Waals surface area contributed by atoms with Crippen LogP contribution in [0.5, 0.6) is 0 Å². The summed E-state index contributed by atoms with van der Waals surface area (Å²) in [6.45, 7) is 1.72. The number of carbonyl (C=O) groups excluding carboxylic acids is 1. The highest BCUT2D eigenvalue weighted by Gasteiger charge is 2.21. The molecule has 1 aromatic carbocycles. The van der Waals surface area contributed by atoms with Crippen molar-refractivity contribution in [3.8, 4) is 0 Å². The number of benzene rings is 1. The molecule has 4 rings (SSSR count). The van der Waals surface area contributed by atoms with Gasteiger partial charge >= 0.3 is 0 Å². The molecule has 1 aliphatic heterocycles. The molecule has 1 fully saturated rings. The van der Waals surface area contributed by atoms with Crippen LogP contribution in [-0.2, 0) is 0 Å². The molecule has 0 atom stereocenters. The maximum atomic E-state index is 12.2. The van der Waals surface area contributed by atoms with E-state index in [-0.39, 0.29) is 11.9 Å². The van der Waals surface area contributed by atoms with Gasteiger partial charge in [0, 0.05) is 18.5 Å². The number of hydrogen-bond acceptors (Lipinski definition) is 5. The fourth-order valence-corrected chi connectivity index (χ4v) is 2.28. The second-order valence-corrected chi connectivity index (χ2v) is 4.99. The monoisotopic (exact) mass is 283 g/mol. The van der Waals surface area contributed by atoms with Crippen LogP contribution in [0.15, 0.2) is 30.6 Å². The zero-order valence-corrected chi connectivity index (χ0v) is 11.1. The second-order valence-electron chi connectivity index (χ2n) is 4.99. The van der Waals surface area contributed by atoms with Gasteiger partial charge in [0.15, 0.2) is 5.69 Å². The Morgan fingerprint density at radius 3 is 3.10 bits per heavy atom. The number of rotatable bonds is 3. The predicted octanol–water partition coefficient (Wildman–Crippen LogP) is 0.551. The molecule has 1 saturated heterocycles. The van der Waals surface area contributed by atoms with Crippen LogP contribution in [0.2, 0.25) is 0 Å². The third-order valence-corrected chi connectivity index (χ3v) is 3.60. The number of aromatic amines is 1. The first-order valence-electron chi connectivity index (χ1n) is 6.67. The molecule has 0 spiro atoms. The summed E-state index contributed by atoms with van der Waals surface area (Å²) in [4.78, 5) is 12.2. The van der Waals surface area contributed by atoms with Crippen molar-refractivity contribution < 1.29 is 4.79 Å². The van der Waals surface area contributed by atoms with E-state index in [2.05, 4.69) is 31.1 Å². The lowest BCUT2D eigenvalue weighted by atomic mass is 10.2. The van der Waals surface area contributed by atoms with Crippen LogP contribution in [0, 0.1) is 0 Å². The van der Waals surface area contributed by atoms with Crippen LogP contribution in [0.4, 0.5) is 5.69 Å². The van der Waals surface area contributed by atoms with Crippen LogP contribution in [0.1, 0.15) is 16.5 Å². The summed E-state index contributed by atoms with van der Waals surface area (Å²) in [5.41, 5.74) is 1.77. The Hall–Kier alpha value is -2.74. The second kappa shape index (κ2) is 4.67. The normalized spacial score (nSPS) is 15.0. The lowest BCUT2D eigenvalue weighted by Gasteiger charge is -2.26. The zero-order chi connectivity index (χ0) is 14.2. The number of nitrogens with one attached hydrogen (secondary N) is 3. The smallest absolute Gasteiger partial charge is 0.277 e. The van der Waals surface area contributed by atoms with Gasteiger partial charge in [0.25, 0.3) is 5.91 Å². The van der Waals surface area contributed by atoms with Gasteiger partial charge in [0.05, 0.1) is 29.6 Å². The average Bonchev–Trinajstić information content (AvgIpc) is 3.05. The Labute approximate surface area is 119 Å². The van der Waals surface area contributed by atoms with Gasteiger partial charge in [-0.2, -0.15) is 5.10 Å². The Balaban J connectivity index is 1.57. The molecule has 106 valence electrons. The van der Waals surface area contributed by atoms with Gasteiger partial charge in [-0.1, -0.05) is 17.3 Å². The van der Waals surface area contributed by atoms with Gasteiger partial charge in [-0.25, -0.2) is 4.68 Å². The summed E-state index contributed by atoms with van der Waals surface area (Å²) < 4.78 is 1.72. The number of aromatic nitrogens is 5. The van der Waals surface area contributed by atoms with Gasteiger partial charge in [-0.15, -0.1) is 5.10 Å². The van der Waals surface area contributed by atoms with E-state index in [4.69, 9.17) is 0 Å². The standard InChI is InChI=1S/C13H13N7O/c21-13(11-7-20(19-17-11)9-5-14-6-9)16-10-3-1-2-8-4-15-18-12(8)10/h1-4,7,9,14H,5-6H2,(H,15,18)(H,16,21). The first kappa shape index (κ1) is 12.0. The van der Waals surface area contributed by atoms with Gasteiger partial charge in [-0.3, -0.25) is 9.89 Å². The molecule has 3 aromatic rings. The van der Waals surface area contributed by atoms with Crippen molar-refractivity contribution in [1.29, 1.82) is 0 Å². The Bertz CT molecular complexity index is 802. The van der Waals surface area contributed by atoms with E-state index in [1.165, 1.54) is 0 Å². The molecule has 0 bridgehead atoms. The van der Waals surface area contributed by atoms with E-state index in [0.717, 1.165) is 24.0 Å². The van der Waals surface area contributed by atoms with Crippen molar-refractivity contribution in [1.82, 2.24) is 30.5 Å². The third kappa shape index (κ3) is 2.05. The first-order chi connectivity index (χ1) is 10.3. The molecule has 3 heterocycles. The minimum Gasteiger partial charge on any atom is -0.319 e. The molecular formula is C13H13N7O. The van der Waals surface area contributed by atoms with Crippen LogP contribution >= 0.6 is 0 Å². The lowest BCUT2D eigenvalue weighted by molar-refractivity contribution is 0.102. The van der Waals surface area contributed by atoms with Crippen molar-refractivity contribution >= 4 is 22.5 Å². The van der Waals surface area contributed by atoms with Crippen LogP contribution < -0.4 is 10.6 Å². The number of anilines is 1. The number of carbonyl (C=O) groups is 1. The molecule has 1 aliphatic rings. The van der Waals surface area contributed by atoms with Crippen LogP contribution in [-0.4, -0.2) is 44.2 Å². The van der Waals surface area contributed by atoms with E-state index in [1.807, 2.05) is 18.2 Å². The molecule has 1 amide bonds. The van der Waals surface area contributed by atoms with Gasteiger partial charge < -0.3 is 10.6 Å². The van der Waals surface area contributed by atoms with E-state index in [1.54, 1.807) is 17.1 Å². The molecule has 0 aliphatic carbocycles. The number of para-hydroxylation sites is 1. The predicted molar refractivity (Wildman–Crippen MR) is 76.0 cm³/mol. The van der Waals surface area contributed by atoms with Crippen molar-refractivity contribution in [2.75, 3.05) is 18.4 Å². The minimum atomic E-state index is -0.282. The fourth-order valence-electron chi connectivity index (χ4n) is 2.28. The molecular weight excluding hydrogens is 270 g/mol. The van der Waals surface area contributed by atoms with Gasteiger partial charge in [-0.05, 0) is 6.07 Å². The van der Waals surface area contributed by atoms with Crippen molar-refractivity contribution in [3.05, 3.63) is 36.3 Å². The van der Waals surface area contributed by atoms with E-state index in [0.29, 0.717) is 11.4 Å². The molecule has 0 radical (unpaired) electrons. The fraction of sp³-hybridized carbons (Fsp3) is 0.231. The maximum absolute atomic E-state index is 12.2. The van der Waals surface area contributed by atoms with Gasteiger partial charge in [0.1, 0.15) is 0 Å². The lowest BCUT2D eigenvalue weighted by Crippen LogP contribution is -2.43. The topological polar surface area (TPSA) is 101 Å². The molecule has 0 saturated carbocycles. The largest absolute Gasteiger partial charge is 0.319 e. The SMILES string of the molecule is O=C(Nc1cccc2cn[nH]c12)c1cn(C2CNC2)nn1. The number of nitrogens with zero attached hydrogens (tertiary/aromatic N) is 4. The maximum Gasteiger partial charge on any atom is 0.277 e. The van der Waals surface area contributed by atoms with E-state index in [9.17, 15) is 4.79 Å². The number of H-pyrrole nitrogens is 1.